The molecular weight excluding hydrogens is 360 g/mol. The van der Waals surface area contributed by atoms with Gasteiger partial charge in [0.05, 0.1) is 22.7 Å². The maximum absolute atomic E-state index is 4.70. The number of nitrogens with one attached hydrogen (secondary N) is 1. The van der Waals surface area contributed by atoms with Gasteiger partial charge in [0.2, 0.25) is 5.95 Å². The lowest BCUT2D eigenvalue weighted by Crippen LogP contribution is -2.15. The third-order valence-corrected chi connectivity index (χ3v) is 4.11. The van der Waals surface area contributed by atoms with Crippen LogP contribution in [-0.4, -0.2) is 14.5 Å². The number of aromatic amines is 1. The van der Waals surface area contributed by atoms with Crippen molar-refractivity contribution in [1.29, 1.82) is 0 Å². The van der Waals surface area contributed by atoms with Crippen molar-refractivity contribution in [3.8, 4) is 0 Å². The van der Waals surface area contributed by atoms with Gasteiger partial charge in [0.25, 0.3) is 0 Å². The minimum absolute atomic E-state index is 0.792. The highest BCUT2D eigenvalue weighted by molar-refractivity contribution is 9.12. The minimum Gasteiger partial charge on any atom is -0.339 e. The number of hydrogen-bond donors (Lipinski definition) is 1. The second-order valence-electron chi connectivity index (χ2n) is 4.25. The lowest BCUT2D eigenvalue weighted by molar-refractivity contribution is 0.813. The predicted octanol–water partition coefficient (Wildman–Crippen LogP) is 3.88. The summed E-state index contributed by atoms with van der Waals surface area (Å²) in [5.41, 5.74) is 3.19. The summed E-state index contributed by atoms with van der Waals surface area (Å²) in [7, 11) is 0. The second-order valence-corrected chi connectivity index (χ2v) is 6.04. The van der Waals surface area contributed by atoms with Gasteiger partial charge in [-0.05, 0) is 6.07 Å². The maximum Gasteiger partial charge on any atom is 0.222 e. The number of nitrogens with zero attached hydrogens (tertiary/aromatic N) is 3. The van der Waals surface area contributed by atoms with E-state index in [1.807, 2.05) is 22.3 Å². The van der Waals surface area contributed by atoms with Crippen molar-refractivity contribution in [2.75, 3.05) is 3.93 Å². The standard InChI is InChI=1S/C12H8Br2N4/c13-7-5-17-11-10(16-12(17)18(14)6-7)8-3-1-2-4-9(8)15-11/h1-4,6,15H,5H2. The summed E-state index contributed by atoms with van der Waals surface area (Å²) >= 11 is 7.02. The number of fused-ring (bicyclic) bond motifs is 5. The Labute approximate surface area is 120 Å². The molecule has 1 aromatic carbocycles. The zero-order valence-electron chi connectivity index (χ0n) is 9.19. The number of imidazole rings is 1. The van der Waals surface area contributed by atoms with Crippen molar-refractivity contribution in [3.05, 3.63) is 34.9 Å². The smallest absolute Gasteiger partial charge is 0.222 e. The van der Waals surface area contributed by atoms with Crippen molar-refractivity contribution in [2.24, 2.45) is 0 Å². The quantitative estimate of drug-likeness (QED) is 0.612. The van der Waals surface area contributed by atoms with Crippen molar-refractivity contribution >= 4 is 60.1 Å². The molecule has 0 radical (unpaired) electrons. The highest BCUT2D eigenvalue weighted by Gasteiger charge is 2.22. The summed E-state index contributed by atoms with van der Waals surface area (Å²) in [6, 6.07) is 8.23. The number of para-hydroxylation sites is 1. The minimum atomic E-state index is 0.792. The van der Waals surface area contributed by atoms with Crippen LogP contribution in [0.2, 0.25) is 0 Å². The maximum atomic E-state index is 4.70. The molecule has 0 saturated carbocycles. The van der Waals surface area contributed by atoms with Crippen LogP contribution in [0.5, 0.6) is 0 Å². The van der Waals surface area contributed by atoms with Gasteiger partial charge in [-0.25, -0.2) is 4.98 Å². The molecule has 0 fully saturated rings. The molecule has 0 saturated heterocycles. The van der Waals surface area contributed by atoms with Crippen molar-refractivity contribution < 1.29 is 0 Å². The molecule has 0 amide bonds. The summed E-state index contributed by atoms with van der Waals surface area (Å²) in [6.07, 6.45) is 1.98. The summed E-state index contributed by atoms with van der Waals surface area (Å²) in [5, 5.41) is 1.16. The molecule has 0 unspecified atom stereocenters. The molecule has 0 atom stereocenters. The van der Waals surface area contributed by atoms with E-state index >= 15 is 0 Å². The molecule has 2 aromatic heterocycles. The van der Waals surface area contributed by atoms with Crippen LogP contribution in [0.15, 0.2) is 34.9 Å². The Morgan fingerprint density at radius 1 is 1.28 bits per heavy atom. The van der Waals surface area contributed by atoms with Crippen LogP contribution in [-0.2, 0) is 6.54 Å². The topological polar surface area (TPSA) is 36.9 Å². The fourth-order valence-electron chi connectivity index (χ4n) is 2.37. The van der Waals surface area contributed by atoms with Crippen LogP contribution in [0.3, 0.4) is 0 Å². The van der Waals surface area contributed by atoms with Gasteiger partial charge in [-0.15, -0.1) is 0 Å². The average molecular weight is 368 g/mol. The van der Waals surface area contributed by atoms with Crippen LogP contribution in [0, 0.1) is 0 Å². The molecule has 6 heteroatoms. The van der Waals surface area contributed by atoms with E-state index in [4.69, 9.17) is 4.98 Å². The van der Waals surface area contributed by atoms with Gasteiger partial charge in [-0.1, -0.05) is 34.1 Å². The number of aromatic nitrogens is 3. The van der Waals surface area contributed by atoms with E-state index in [1.54, 1.807) is 0 Å². The highest BCUT2D eigenvalue weighted by Crippen LogP contribution is 2.34. The summed E-state index contributed by atoms with van der Waals surface area (Å²) in [6.45, 7) is 0.792. The van der Waals surface area contributed by atoms with Gasteiger partial charge < -0.3 is 4.98 Å². The number of allylic oxidation sites excluding steroid dienone is 1. The van der Waals surface area contributed by atoms with E-state index in [-0.39, 0.29) is 0 Å². The fourth-order valence-corrected chi connectivity index (χ4v) is 3.62. The Balaban J connectivity index is 2.10. The van der Waals surface area contributed by atoms with Crippen LogP contribution in [0.4, 0.5) is 5.95 Å². The Kier molecular flexibility index (Phi) is 2.14. The lowest BCUT2D eigenvalue weighted by Gasteiger charge is -2.19. The van der Waals surface area contributed by atoms with Crippen LogP contribution < -0.4 is 3.93 Å². The molecule has 0 aliphatic carbocycles. The second kappa shape index (κ2) is 3.61. The van der Waals surface area contributed by atoms with Gasteiger partial charge in [-0.2, -0.15) is 0 Å². The normalized spacial score (nSPS) is 15.2. The van der Waals surface area contributed by atoms with Gasteiger partial charge >= 0.3 is 0 Å². The van der Waals surface area contributed by atoms with Crippen LogP contribution in [0.25, 0.3) is 22.1 Å². The van der Waals surface area contributed by atoms with E-state index < -0.39 is 0 Å². The molecule has 1 aliphatic rings. The third kappa shape index (κ3) is 1.33. The Morgan fingerprint density at radius 2 is 2.11 bits per heavy atom. The number of benzene rings is 1. The highest BCUT2D eigenvalue weighted by atomic mass is 79.9. The first kappa shape index (κ1) is 10.6. The molecule has 1 N–H and O–H groups in total. The Morgan fingerprint density at radius 3 is 3.00 bits per heavy atom. The van der Waals surface area contributed by atoms with Crippen molar-refractivity contribution in [1.82, 2.24) is 14.5 Å². The number of hydrogen-bond acceptors (Lipinski definition) is 2. The lowest BCUT2D eigenvalue weighted by atomic mass is 10.2. The Bertz CT molecular complexity index is 799. The first-order chi connectivity index (χ1) is 8.74. The Hall–Kier alpha value is -1.27. The molecular formula is C12H8Br2N4. The average Bonchev–Trinajstić information content (AvgIpc) is 2.86. The summed E-state index contributed by atoms with van der Waals surface area (Å²) in [4.78, 5) is 8.13. The predicted molar refractivity (Wildman–Crippen MR) is 80.0 cm³/mol. The van der Waals surface area contributed by atoms with Crippen LogP contribution in [0.1, 0.15) is 0 Å². The monoisotopic (exact) mass is 366 g/mol. The number of H-pyrrole nitrogens is 1. The zero-order chi connectivity index (χ0) is 12.3. The van der Waals surface area contributed by atoms with Gasteiger partial charge in [0, 0.05) is 21.6 Å². The molecule has 18 heavy (non-hydrogen) atoms. The van der Waals surface area contributed by atoms with E-state index in [1.165, 1.54) is 0 Å². The first-order valence-corrected chi connectivity index (χ1v) is 7.02. The molecule has 0 spiro atoms. The van der Waals surface area contributed by atoms with Crippen molar-refractivity contribution in [3.63, 3.8) is 0 Å². The molecule has 4 nitrogen and oxygen atoms in total. The van der Waals surface area contributed by atoms with E-state index in [9.17, 15) is 0 Å². The van der Waals surface area contributed by atoms with Gasteiger partial charge in [-0.3, -0.25) is 8.49 Å². The fraction of sp³-hybridized carbons (Fsp3) is 0.0833. The number of rotatable bonds is 0. The molecule has 90 valence electrons. The molecule has 1 aliphatic heterocycles. The molecule has 3 aromatic rings. The SMILES string of the molecule is BrC1=CN(Br)c2nc3c4ccccc4[nH]c3n2C1. The van der Waals surface area contributed by atoms with Gasteiger partial charge in [0.1, 0.15) is 11.2 Å². The third-order valence-electron chi connectivity index (χ3n) is 3.14. The van der Waals surface area contributed by atoms with E-state index in [0.717, 1.165) is 39.0 Å². The summed E-state index contributed by atoms with van der Waals surface area (Å²) < 4.78 is 5.10. The van der Waals surface area contributed by atoms with E-state index in [0.29, 0.717) is 0 Å². The van der Waals surface area contributed by atoms with Gasteiger partial charge in [0.15, 0.2) is 0 Å². The molecule has 0 bridgehead atoms. The number of anilines is 1. The summed E-state index contributed by atoms with van der Waals surface area (Å²) in [5.74, 6) is 0.894. The zero-order valence-corrected chi connectivity index (χ0v) is 12.4. The number of halogens is 2. The molecule has 3 heterocycles. The van der Waals surface area contributed by atoms with Crippen LogP contribution >= 0.6 is 32.1 Å². The largest absolute Gasteiger partial charge is 0.339 e. The first-order valence-electron chi connectivity index (χ1n) is 5.52. The molecule has 4 rings (SSSR count). The van der Waals surface area contributed by atoms with E-state index in [2.05, 4.69) is 53.8 Å². The van der Waals surface area contributed by atoms with Crippen molar-refractivity contribution in [2.45, 2.75) is 6.54 Å².